The Morgan fingerprint density at radius 3 is 2.57 bits per heavy atom. The van der Waals surface area contributed by atoms with Crippen LogP contribution < -0.4 is 0 Å². The summed E-state index contributed by atoms with van der Waals surface area (Å²) in [5, 5.41) is 0. The molecule has 1 N–H and O–H groups in total. The Morgan fingerprint density at radius 1 is 1.71 bits per heavy atom. The number of nitrogens with one attached hydrogen (secondary N) is 1. The molecule has 35 valence electrons. The van der Waals surface area contributed by atoms with Gasteiger partial charge in [0.15, 0.2) is 0 Å². The Kier molecular flexibility index (Phi) is 3.58. The van der Waals surface area contributed by atoms with Gasteiger partial charge in [-0.05, 0) is 0 Å². The van der Waals surface area contributed by atoms with Gasteiger partial charge >= 0.3 is 0 Å². The molecule has 1 aromatic heterocycles. The minimum absolute atomic E-state index is 0. The Morgan fingerprint density at radius 2 is 2.43 bits per heavy atom. The molecule has 0 unspecified atom stereocenters. The summed E-state index contributed by atoms with van der Waals surface area (Å²) in [7, 11) is 0. The molecule has 0 bridgehead atoms. The topological polar surface area (TPSA) is 15.8 Å². The van der Waals surface area contributed by atoms with E-state index in [0.717, 1.165) is 5.69 Å². The Labute approximate surface area is 68.4 Å². The summed E-state index contributed by atoms with van der Waals surface area (Å²) in [5.41, 5.74) is 1.16. The van der Waals surface area contributed by atoms with Crippen LogP contribution in [0, 0.1) is 13.0 Å². The molecule has 1 radical (unpaired) electrons. The predicted octanol–water partition coefficient (Wildman–Crippen LogP) is 1.12. The van der Waals surface area contributed by atoms with Gasteiger partial charge in [0.2, 0.25) is 0 Å². The van der Waals surface area contributed by atoms with Crippen molar-refractivity contribution < 1.29 is 32.7 Å². The molecule has 0 atom stereocenters. The van der Waals surface area contributed by atoms with Gasteiger partial charge in [-0.25, -0.2) is 12.1 Å². The van der Waals surface area contributed by atoms with Crippen molar-refractivity contribution in [2.45, 2.75) is 6.92 Å². The van der Waals surface area contributed by atoms with Crippen LogP contribution in [0.15, 0.2) is 12.3 Å². The van der Waals surface area contributed by atoms with E-state index in [-0.39, 0.29) is 32.7 Å². The first kappa shape index (κ1) is 7.38. The molecule has 0 aliphatic carbocycles. The van der Waals surface area contributed by atoms with Crippen LogP contribution >= 0.6 is 0 Å². The second kappa shape index (κ2) is 3.39. The summed E-state index contributed by atoms with van der Waals surface area (Å²) in [6.07, 6.45) is 1.79. The van der Waals surface area contributed by atoms with E-state index in [1.165, 1.54) is 0 Å². The molecule has 1 nitrogen and oxygen atoms in total. The zero-order valence-electron chi connectivity index (χ0n) is 4.23. The summed E-state index contributed by atoms with van der Waals surface area (Å²) in [5.74, 6) is 0. The first-order valence-electron chi connectivity index (χ1n) is 1.90. The second-order valence-electron chi connectivity index (χ2n) is 1.28. The maximum absolute atomic E-state index is 2.94. The number of hydrogen-bond acceptors (Lipinski definition) is 0. The number of aryl methyl sites for hydroxylation is 1. The van der Waals surface area contributed by atoms with Gasteiger partial charge < -0.3 is 4.98 Å². The number of rotatable bonds is 0. The number of H-pyrrole nitrogens is 1. The van der Waals surface area contributed by atoms with Crippen LogP contribution in [0.2, 0.25) is 0 Å². The van der Waals surface area contributed by atoms with E-state index in [2.05, 4.69) is 11.1 Å². The molecule has 0 saturated carbocycles. The third-order valence-electron chi connectivity index (χ3n) is 0.683. The average Bonchev–Trinajstić information content (AvgIpc) is 1.86. The molecule has 0 aromatic carbocycles. The Balaban J connectivity index is 0.000000360. The maximum Gasteiger partial charge on any atom is 0 e. The van der Waals surface area contributed by atoms with Gasteiger partial charge in [-0.15, -0.1) is 11.9 Å². The zero-order valence-corrected chi connectivity index (χ0v) is 7.07. The van der Waals surface area contributed by atoms with Crippen molar-refractivity contribution in [2.24, 2.45) is 0 Å². The fourth-order valence-electron chi connectivity index (χ4n) is 0.364. The van der Waals surface area contributed by atoms with Crippen molar-refractivity contribution in [3.63, 3.8) is 0 Å². The van der Waals surface area contributed by atoms with E-state index in [9.17, 15) is 0 Å². The fourth-order valence-corrected chi connectivity index (χ4v) is 0.364. The predicted molar refractivity (Wildman–Crippen MR) is 24.4 cm³/mol. The first-order valence-corrected chi connectivity index (χ1v) is 1.90. The van der Waals surface area contributed by atoms with Crippen LogP contribution in [0.3, 0.4) is 0 Å². The quantitative estimate of drug-likeness (QED) is 0.560. The molecule has 0 aliphatic rings. The summed E-state index contributed by atoms with van der Waals surface area (Å²) in [4.78, 5) is 2.94. The molecule has 1 rings (SSSR count). The van der Waals surface area contributed by atoms with Gasteiger partial charge in [0.05, 0.1) is 0 Å². The van der Waals surface area contributed by atoms with Gasteiger partial charge in [-0.1, -0.05) is 6.92 Å². The molecule has 7 heavy (non-hydrogen) atoms. The van der Waals surface area contributed by atoms with Gasteiger partial charge in [0, 0.05) is 32.7 Å². The van der Waals surface area contributed by atoms with Crippen molar-refractivity contribution in [3.8, 4) is 0 Å². The molecular weight excluding hydrogens is 163 g/mol. The normalized spacial score (nSPS) is 7.57. The number of aromatic nitrogens is 1. The van der Waals surface area contributed by atoms with Crippen molar-refractivity contribution in [1.29, 1.82) is 0 Å². The molecule has 2 heteroatoms. The van der Waals surface area contributed by atoms with E-state index in [0.29, 0.717) is 0 Å². The van der Waals surface area contributed by atoms with Crippen molar-refractivity contribution in [3.05, 3.63) is 24.0 Å². The molecule has 0 saturated heterocycles. The van der Waals surface area contributed by atoms with Crippen molar-refractivity contribution in [2.75, 3.05) is 0 Å². The maximum atomic E-state index is 2.94. The zero-order chi connectivity index (χ0) is 4.41. The molecule has 0 spiro atoms. The average molecular weight is 169 g/mol. The molecule has 0 aliphatic heterocycles. The number of aromatic amines is 1. The molecule has 1 heterocycles. The van der Waals surface area contributed by atoms with E-state index in [1.54, 1.807) is 6.20 Å². The Hall–Kier alpha value is 0.384. The van der Waals surface area contributed by atoms with E-state index in [1.807, 2.05) is 13.0 Å². The summed E-state index contributed by atoms with van der Waals surface area (Å²) in [6, 6.07) is 4.78. The van der Waals surface area contributed by atoms with E-state index < -0.39 is 0 Å². The third-order valence-corrected chi connectivity index (χ3v) is 0.683. The van der Waals surface area contributed by atoms with Gasteiger partial charge in [0.25, 0.3) is 0 Å². The summed E-state index contributed by atoms with van der Waals surface area (Å²) < 4.78 is 0. The first-order chi connectivity index (χ1) is 2.89. The van der Waals surface area contributed by atoms with Gasteiger partial charge in [-0.3, -0.25) is 0 Å². The monoisotopic (exact) mass is 169 g/mol. The molecule has 1 aromatic rings. The summed E-state index contributed by atoms with van der Waals surface area (Å²) in [6.45, 7) is 2.00. The van der Waals surface area contributed by atoms with E-state index >= 15 is 0 Å². The minimum atomic E-state index is 0. The minimum Gasteiger partial charge on any atom is -0.458 e. The third kappa shape index (κ3) is 2.25. The largest absolute Gasteiger partial charge is 0.458 e. The van der Waals surface area contributed by atoms with Crippen LogP contribution in [-0.4, -0.2) is 4.98 Å². The van der Waals surface area contributed by atoms with Crippen molar-refractivity contribution in [1.82, 2.24) is 4.98 Å². The van der Waals surface area contributed by atoms with Gasteiger partial charge in [0.1, 0.15) is 0 Å². The van der Waals surface area contributed by atoms with Crippen LogP contribution in [0.4, 0.5) is 0 Å². The van der Waals surface area contributed by atoms with Crippen LogP contribution in [0.1, 0.15) is 5.69 Å². The standard InChI is InChI=1S/C5H6N.Y/c1-5-3-2-4-6-5;/h3-4,6H,1H3;/q-1;. The molecule has 0 fully saturated rings. The number of hydrogen-bond donors (Lipinski definition) is 1. The second-order valence-corrected chi connectivity index (χ2v) is 1.28. The van der Waals surface area contributed by atoms with E-state index in [4.69, 9.17) is 0 Å². The molecular formula is C5H6NY-. The molecule has 0 amide bonds. The Bertz CT molecular complexity index is 112. The fraction of sp³-hybridized carbons (Fsp3) is 0.200. The SMILES string of the molecule is Cc1c[c-]c[nH]1.[Y]. The van der Waals surface area contributed by atoms with Gasteiger partial charge in [-0.2, -0.15) is 0 Å². The summed E-state index contributed by atoms with van der Waals surface area (Å²) >= 11 is 0. The van der Waals surface area contributed by atoms with Crippen LogP contribution in [-0.2, 0) is 32.7 Å². The van der Waals surface area contributed by atoms with Crippen LogP contribution in [0.25, 0.3) is 0 Å². The van der Waals surface area contributed by atoms with Crippen LogP contribution in [0.5, 0.6) is 0 Å². The smallest absolute Gasteiger partial charge is 0 e. The van der Waals surface area contributed by atoms with Crippen molar-refractivity contribution >= 4 is 0 Å².